The highest BCUT2D eigenvalue weighted by atomic mass is 16.6. The third-order valence-electron chi connectivity index (χ3n) is 8.00. The van der Waals surface area contributed by atoms with E-state index in [1.54, 1.807) is 26.0 Å². The Balaban J connectivity index is 0.00000856. The zero-order valence-electron chi connectivity index (χ0n) is 35.3. The van der Waals surface area contributed by atoms with E-state index < -0.39 is 47.3 Å². The lowest BCUT2D eigenvalue weighted by atomic mass is 9.86. The van der Waals surface area contributed by atoms with E-state index in [1.807, 2.05) is 26.0 Å². The Morgan fingerprint density at radius 1 is 0.695 bits per heavy atom. The number of carbonyl (C=O) groups excluding carboxylic acids is 5. The molecule has 0 aliphatic heterocycles. The summed E-state index contributed by atoms with van der Waals surface area (Å²) in [5.74, 6) is -5.32. The number of benzene rings is 2. The molecule has 0 aromatic heterocycles. The molecule has 0 aliphatic rings. The second-order valence-corrected chi connectivity index (χ2v) is 13.4. The smallest absolute Gasteiger partial charge is 0.347 e. The minimum atomic E-state index is -1.55. The van der Waals surface area contributed by atoms with E-state index in [4.69, 9.17) is 24.1 Å². The molecule has 2 rings (SSSR count). The van der Waals surface area contributed by atoms with Crippen molar-refractivity contribution in [2.24, 2.45) is 5.41 Å². The largest absolute Gasteiger partial charge is 0.481 e. The van der Waals surface area contributed by atoms with Crippen molar-refractivity contribution in [2.45, 2.75) is 105 Å². The molecule has 1 atom stereocenters. The molecule has 59 heavy (non-hydrogen) atoms. The van der Waals surface area contributed by atoms with Crippen LogP contribution in [0.15, 0.2) is 109 Å². The summed E-state index contributed by atoms with van der Waals surface area (Å²) in [7, 11) is 0. The number of aliphatic carboxylic acids is 1. The zero-order valence-corrected chi connectivity index (χ0v) is 35.3. The molecule has 1 amide bonds. The van der Waals surface area contributed by atoms with E-state index in [9.17, 15) is 28.8 Å². The van der Waals surface area contributed by atoms with Crippen molar-refractivity contribution in [3.63, 3.8) is 0 Å². The number of amides is 1. The quantitative estimate of drug-likeness (QED) is 0.0423. The number of carboxylic acid groups (broad SMARTS) is 1. The molecule has 1 unspecified atom stereocenters. The number of rotatable bonds is 25. The lowest BCUT2D eigenvalue weighted by molar-refractivity contribution is -0.153. The van der Waals surface area contributed by atoms with E-state index in [2.05, 4.69) is 60.8 Å². The lowest BCUT2D eigenvalue weighted by Crippen LogP contribution is -2.49. The number of hydrogen-bond acceptors (Lipinski definition) is 10. The minimum Gasteiger partial charge on any atom is -0.481 e. The first-order chi connectivity index (χ1) is 28.4. The Bertz CT molecular complexity index is 1790. The topological polar surface area (TPSA) is 172 Å². The maximum Gasteiger partial charge on any atom is 0.347 e. The summed E-state index contributed by atoms with van der Waals surface area (Å²) >= 11 is 0. The molecule has 2 aromatic carbocycles. The van der Waals surface area contributed by atoms with Gasteiger partial charge >= 0.3 is 29.8 Å². The fourth-order valence-electron chi connectivity index (χ4n) is 5.03. The molecule has 0 aliphatic carbocycles. The first-order valence-corrected chi connectivity index (χ1v) is 20.0. The maximum absolute atomic E-state index is 13.6. The van der Waals surface area contributed by atoms with Crippen LogP contribution in [0, 0.1) is 5.41 Å². The van der Waals surface area contributed by atoms with E-state index in [1.165, 1.54) is 43.3 Å². The molecule has 0 fully saturated rings. The van der Waals surface area contributed by atoms with Crippen LogP contribution in [0.25, 0.3) is 0 Å². The number of unbranched alkanes of at least 4 members (excludes halogenated alkanes) is 1. The average molecular weight is 816 g/mol. The molecule has 12 nitrogen and oxygen atoms in total. The normalized spacial score (nSPS) is 12.0. The average Bonchev–Trinajstić information content (AvgIpc) is 3.21. The van der Waals surface area contributed by atoms with Crippen molar-refractivity contribution in [3.05, 3.63) is 120 Å². The van der Waals surface area contributed by atoms with Gasteiger partial charge in [0.05, 0.1) is 6.42 Å². The number of hydrogen-bond donors (Lipinski definition) is 2. The summed E-state index contributed by atoms with van der Waals surface area (Å²) in [5.41, 5.74) is -1.56. The number of carboxylic acids is 1. The van der Waals surface area contributed by atoms with Gasteiger partial charge in [0, 0.05) is 25.3 Å². The van der Waals surface area contributed by atoms with Crippen LogP contribution in [0.1, 0.15) is 120 Å². The molecular weight excluding hydrogens is 755 g/mol. The maximum atomic E-state index is 13.6. The Morgan fingerprint density at radius 3 is 1.71 bits per heavy atom. The summed E-state index contributed by atoms with van der Waals surface area (Å²) in [5, 5.41) is 11.5. The van der Waals surface area contributed by atoms with Crippen molar-refractivity contribution < 1.29 is 52.8 Å². The van der Waals surface area contributed by atoms with Crippen molar-refractivity contribution in [3.8, 4) is 11.5 Å². The van der Waals surface area contributed by atoms with Crippen LogP contribution < -0.4 is 14.8 Å². The van der Waals surface area contributed by atoms with Gasteiger partial charge in [-0.15, -0.1) is 0 Å². The van der Waals surface area contributed by atoms with Crippen molar-refractivity contribution in [1.82, 2.24) is 5.32 Å². The SMILES string of the molecule is CC.CC/C=C\C/C=C\C/C=C\C/C=C\C/C=C\CCCC(=O)OCC(C)(C)C(OC(=O)c1ccccc1OC(=O)c1ccccc1OC(C)=O)C(=O)NCCC(=O)O. The molecule has 0 radical (unpaired) electrons. The molecule has 2 aromatic rings. The van der Waals surface area contributed by atoms with Crippen LogP contribution in [-0.4, -0.2) is 60.1 Å². The van der Waals surface area contributed by atoms with Crippen LogP contribution in [-0.2, 0) is 28.7 Å². The van der Waals surface area contributed by atoms with Gasteiger partial charge in [-0.25, -0.2) is 9.59 Å². The van der Waals surface area contributed by atoms with E-state index in [-0.39, 0.29) is 48.6 Å². The standard InChI is InChI=1S/C45H55NO11.C2H6/c1-5-6-7-8-9-10-11-12-13-14-15-16-17-18-19-20-21-30-40(50)54-33-45(3,4)41(42(51)46-32-31-39(48)49)57-44(53)36-27-23-25-29-38(36)56-43(52)35-26-22-24-28-37(35)55-34(2)47;1-2/h6-7,9-10,12-13,15-16,18-19,22-29,41H,5,8,11,14,17,20-21,30-33H2,1-4H3,(H,46,51)(H,48,49);1-2H3/b7-6-,10-9-,13-12-,16-15-,19-18-;. The molecule has 0 saturated heterocycles. The molecular formula is C47H61NO11. The Labute approximate surface area is 349 Å². The minimum absolute atomic E-state index is 0.0429. The van der Waals surface area contributed by atoms with Crippen LogP contribution >= 0.6 is 0 Å². The summed E-state index contributed by atoms with van der Waals surface area (Å²) in [4.78, 5) is 75.3. The number of para-hydroxylation sites is 2. The number of nitrogens with one attached hydrogen (secondary N) is 1. The van der Waals surface area contributed by atoms with Gasteiger partial charge in [-0.2, -0.15) is 0 Å². The molecule has 12 heteroatoms. The van der Waals surface area contributed by atoms with Crippen molar-refractivity contribution >= 4 is 35.8 Å². The molecule has 320 valence electrons. The predicted molar refractivity (Wildman–Crippen MR) is 228 cm³/mol. The van der Waals surface area contributed by atoms with Gasteiger partial charge in [0.1, 0.15) is 29.2 Å². The lowest BCUT2D eigenvalue weighted by Gasteiger charge is -2.32. The van der Waals surface area contributed by atoms with Gasteiger partial charge in [0.25, 0.3) is 5.91 Å². The summed E-state index contributed by atoms with van der Waals surface area (Å²) in [6.45, 7) is 9.87. The first-order valence-electron chi connectivity index (χ1n) is 20.0. The van der Waals surface area contributed by atoms with Crippen LogP contribution in [0.4, 0.5) is 0 Å². The molecule has 2 N–H and O–H groups in total. The Kier molecular flexibility index (Phi) is 26.0. The van der Waals surface area contributed by atoms with Gasteiger partial charge < -0.3 is 29.4 Å². The molecule has 0 saturated carbocycles. The monoisotopic (exact) mass is 815 g/mol. The molecule has 0 spiro atoms. The van der Waals surface area contributed by atoms with Gasteiger partial charge in [-0.05, 0) is 69.2 Å². The number of ether oxygens (including phenoxy) is 4. The third-order valence-corrected chi connectivity index (χ3v) is 8.00. The fraction of sp³-hybridized carbons (Fsp3) is 0.404. The number of allylic oxidation sites excluding steroid dienone is 10. The third kappa shape index (κ3) is 21.9. The number of carbonyl (C=O) groups is 6. The Hall–Kier alpha value is -6.04. The highest BCUT2D eigenvalue weighted by molar-refractivity contribution is 5.99. The van der Waals surface area contributed by atoms with E-state index in [0.29, 0.717) is 12.8 Å². The van der Waals surface area contributed by atoms with E-state index in [0.717, 1.165) is 32.1 Å². The zero-order chi connectivity index (χ0) is 43.9. The van der Waals surface area contributed by atoms with Gasteiger partial charge in [-0.1, -0.05) is 120 Å². The summed E-state index contributed by atoms with van der Waals surface area (Å²) in [6.07, 6.45) is 25.1. The molecule has 0 heterocycles. The van der Waals surface area contributed by atoms with Crippen molar-refractivity contribution in [1.29, 1.82) is 0 Å². The number of esters is 4. The van der Waals surface area contributed by atoms with Crippen LogP contribution in [0.2, 0.25) is 0 Å². The highest BCUT2D eigenvalue weighted by Crippen LogP contribution is 2.29. The summed E-state index contributed by atoms with van der Waals surface area (Å²) < 4.78 is 21.8. The second-order valence-electron chi connectivity index (χ2n) is 13.4. The fourth-order valence-corrected chi connectivity index (χ4v) is 5.03. The summed E-state index contributed by atoms with van der Waals surface area (Å²) in [6, 6.07) is 11.6. The molecule has 0 bridgehead atoms. The predicted octanol–water partition coefficient (Wildman–Crippen LogP) is 9.46. The van der Waals surface area contributed by atoms with Gasteiger partial charge in [-0.3, -0.25) is 19.2 Å². The van der Waals surface area contributed by atoms with Gasteiger partial charge in [0.2, 0.25) is 0 Å². The van der Waals surface area contributed by atoms with Gasteiger partial charge in [0.15, 0.2) is 6.10 Å². The van der Waals surface area contributed by atoms with E-state index >= 15 is 0 Å². The van der Waals surface area contributed by atoms with Crippen LogP contribution in [0.5, 0.6) is 11.5 Å². The highest BCUT2D eigenvalue weighted by Gasteiger charge is 2.40. The second kappa shape index (κ2) is 30.1. The van der Waals surface area contributed by atoms with Crippen LogP contribution in [0.3, 0.4) is 0 Å². The first kappa shape index (κ1) is 51.0. The van der Waals surface area contributed by atoms with Crippen molar-refractivity contribution in [2.75, 3.05) is 13.2 Å². The Morgan fingerprint density at radius 2 is 1.19 bits per heavy atom.